The molecule has 3 N–H and O–H groups in total. The smallest absolute Gasteiger partial charge is 0.408 e. The summed E-state index contributed by atoms with van der Waals surface area (Å²) >= 11 is 1.28. The number of hydrogen-bond donors (Lipinski definition) is 3. The summed E-state index contributed by atoms with van der Waals surface area (Å²) in [5.41, 5.74) is -0.795. The van der Waals surface area contributed by atoms with Gasteiger partial charge in [-0.15, -0.1) is 0 Å². The minimum atomic E-state index is -1.19. The lowest BCUT2D eigenvalue weighted by Gasteiger charge is -2.24. The lowest BCUT2D eigenvalue weighted by atomic mass is 10.1. The van der Waals surface area contributed by atoms with Gasteiger partial charge in [-0.05, 0) is 33.6 Å². The molecular weight excluding hydrogens is 564 g/mol. The maximum absolute atomic E-state index is 12.9. The van der Waals surface area contributed by atoms with E-state index in [-0.39, 0.29) is 31.2 Å². The molecule has 0 spiro atoms. The first-order valence-electron chi connectivity index (χ1n) is 15.2. The number of ether oxygens (including phenoxy) is 3. The van der Waals surface area contributed by atoms with Gasteiger partial charge in [-0.25, -0.2) is 9.59 Å². The summed E-state index contributed by atoms with van der Waals surface area (Å²) in [6, 6.07) is -2.28. The highest BCUT2D eigenvalue weighted by Crippen LogP contribution is 2.13. The number of aliphatic carboxylic acids is 1. The van der Waals surface area contributed by atoms with Crippen molar-refractivity contribution in [3.63, 3.8) is 0 Å². The van der Waals surface area contributed by atoms with E-state index in [9.17, 15) is 24.0 Å². The quantitative estimate of drug-likeness (QED) is 0.0729. The molecule has 1 unspecified atom stereocenters. The number of thioether (sulfide) groups is 1. The number of carbonyl (C=O) groups excluding carboxylic acids is 4. The number of rotatable bonds is 24. The van der Waals surface area contributed by atoms with Crippen molar-refractivity contribution in [1.29, 1.82) is 0 Å². The number of hydrogen-bond acceptors (Lipinski definition) is 9. The van der Waals surface area contributed by atoms with Gasteiger partial charge in [0.25, 0.3) is 0 Å². The van der Waals surface area contributed by atoms with Crippen LogP contribution in [0.5, 0.6) is 0 Å². The normalized spacial score (nSPS) is 12.6. The first-order valence-corrected chi connectivity index (χ1v) is 16.4. The first-order chi connectivity index (χ1) is 19.9. The molecule has 0 saturated carbocycles. The van der Waals surface area contributed by atoms with Crippen LogP contribution >= 0.6 is 11.8 Å². The Balaban J connectivity index is 4.51. The molecule has 2 atom stereocenters. The fraction of sp³-hybridized carbons (Fsp3) is 0.833. The Labute approximate surface area is 255 Å². The zero-order chi connectivity index (χ0) is 31.8. The van der Waals surface area contributed by atoms with Gasteiger partial charge in [0, 0.05) is 24.3 Å². The van der Waals surface area contributed by atoms with Crippen molar-refractivity contribution in [1.82, 2.24) is 10.6 Å². The Kier molecular flexibility index (Phi) is 22.6. The highest BCUT2D eigenvalue weighted by molar-refractivity contribution is 7.99. The van der Waals surface area contributed by atoms with Crippen molar-refractivity contribution in [3.05, 3.63) is 0 Å². The minimum absolute atomic E-state index is 0.105. The van der Waals surface area contributed by atoms with Crippen LogP contribution in [0, 0.1) is 0 Å². The Morgan fingerprint density at radius 1 is 0.810 bits per heavy atom. The zero-order valence-electron chi connectivity index (χ0n) is 26.3. The van der Waals surface area contributed by atoms with Crippen molar-refractivity contribution in [3.8, 4) is 0 Å². The van der Waals surface area contributed by atoms with Gasteiger partial charge in [-0.2, -0.15) is 11.8 Å². The van der Waals surface area contributed by atoms with E-state index in [1.54, 1.807) is 20.8 Å². The molecule has 0 rings (SSSR count). The van der Waals surface area contributed by atoms with Crippen LogP contribution < -0.4 is 10.6 Å². The van der Waals surface area contributed by atoms with Crippen LogP contribution in [0.3, 0.4) is 0 Å². The van der Waals surface area contributed by atoms with E-state index in [0.717, 1.165) is 26.4 Å². The summed E-state index contributed by atoms with van der Waals surface area (Å²) in [5, 5.41) is 13.9. The van der Waals surface area contributed by atoms with E-state index in [1.807, 2.05) is 0 Å². The maximum Gasteiger partial charge on any atom is 0.408 e. The van der Waals surface area contributed by atoms with Crippen LogP contribution in [0.15, 0.2) is 0 Å². The highest BCUT2D eigenvalue weighted by Gasteiger charge is 2.29. The average Bonchev–Trinajstić information content (AvgIpc) is 2.91. The van der Waals surface area contributed by atoms with Crippen molar-refractivity contribution < 1.29 is 43.3 Å². The second-order valence-corrected chi connectivity index (χ2v) is 12.4. The van der Waals surface area contributed by atoms with Crippen molar-refractivity contribution in [2.45, 2.75) is 135 Å². The number of unbranched alkanes of at least 4 members (excludes halogenated alkanes) is 10. The molecule has 42 heavy (non-hydrogen) atoms. The van der Waals surface area contributed by atoms with Gasteiger partial charge in [-0.1, -0.05) is 71.1 Å². The molecule has 0 aromatic heterocycles. The van der Waals surface area contributed by atoms with Crippen LogP contribution in [0.2, 0.25) is 0 Å². The second-order valence-electron chi connectivity index (χ2n) is 11.3. The third kappa shape index (κ3) is 23.1. The molecule has 0 fully saturated rings. The molecule has 0 saturated heterocycles. The summed E-state index contributed by atoms with van der Waals surface area (Å²) in [7, 11) is 1.13. The SMILES string of the molecule is CCCCCCCCCCCCCC(=O)OCCSC[C@H](NC(=O)OC(C)(C)C)C(=O)NC(CCC(=O)O)C(=O)OC. The molecule has 244 valence electrons. The van der Waals surface area contributed by atoms with Crippen LogP contribution in [0.1, 0.15) is 118 Å². The van der Waals surface area contributed by atoms with Gasteiger partial charge in [0.2, 0.25) is 5.91 Å². The number of amides is 2. The highest BCUT2D eigenvalue weighted by atomic mass is 32.2. The molecule has 0 heterocycles. The largest absolute Gasteiger partial charge is 0.481 e. The van der Waals surface area contributed by atoms with Gasteiger partial charge < -0.3 is 30.0 Å². The van der Waals surface area contributed by atoms with Crippen molar-refractivity contribution in [2.75, 3.05) is 25.2 Å². The Morgan fingerprint density at radius 3 is 1.90 bits per heavy atom. The average molecular weight is 619 g/mol. The molecule has 0 aromatic rings. The van der Waals surface area contributed by atoms with E-state index < -0.39 is 41.6 Å². The number of methoxy groups -OCH3 is 1. The number of carboxylic acid groups (broad SMARTS) is 1. The molecule has 12 heteroatoms. The summed E-state index contributed by atoms with van der Waals surface area (Å²) in [5.74, 6) is -2.38. The third-order valence-corrected chi connectivity index (χ3v) is 7.24. The predicted octanol–water partition coefficient (Wildman–Crippen LogP) is 5.38. The summed E-state index contributed by atoms with van der Waals surface area (Å²) in [6.07, 6.45) is 12.3. The summed E-state index contributed by atoms with van der Waals surface area (Å²) in [6.45, 7) is 7.43. The Morgan fingerprint density at radius 2 is 1.38 bits per heavy atom. The summed E-state index contributed by atoms with van der Waals surface area (Å²) < 4.78 is 15.2. The van der Waals surface area contributed by atoms with Crippen LogP contribution in [0.25, 0.3) is 0 Å². The minimum Gasteiger partial charge on any atom is -0.481 e. The molecule has 0 aliphatic heterocycles. The maximum atomic E-state index is 12.9. The number of esters is 2. The van der Waals surface area contributed by atoms with Crippen molar-refractivity contribution >= 4 is 41.7 Å². The van der Waals surface area contributed by atoms with E-state index in [1.165, 1.54) is 63.1 Å². The first kappa shape index (κ1) is 39.5. The van der Waals surface area contributed by atoms with E-state index >= 15 is 0 Å². The second kappa shape index (κ2) is 24.0. The lowest BCUT2D eigenvalue weighted by Crippen LogP contribution is -2.53. The van der Waals surface area contributed by atoms with Gasteiger partial charge >= 0.3 is 24.0 Å². The predicted molar refractivity (Wildman–Crippen MR) is 163 cm³/mol. The van der Waals surface area contributed by atoms with Gasteiger partial charge in [-0.3, -0.25) is 14.4 Å². The lowest BCUT2D eigenvalue weighted by molar-refractivity contribution is -0.146. The van der Waals surface area contributed by atoms with Gasteiger partial charge in [0.05, 0.1) is 7.11 Å². The molecular formula is C30H54N2O9S. The Hall–Kier alpha value is -2.50. The van der Waals surface area contributed by atoms with Crippen LogP contribution in [0.4, 0.5) is 4.79 Å². The number of carboxylic acids is 1. The number of alkyl carbamates (subject to hydrolysis) is 1. The standard InChI is InChI=1S/C30H54N2O9S/c1-6-7-8-9-10-11-12-13-14-15-16-17-26(35)40-20-21-42-22-24(32-29(38)41-30(2,3)4)27(36)31-23(28(37)39-5)18-19-25(33)34/h23-24H,6-22H2,1-5H3,(H,31,36)(H,32,38)(H,33,34)/t23?,24-/m0/s1. The van der Waals surface area contributed by atoms with Gasteiger partial charge in [0.15, 0.2) is 0 Å². The van der Waals surface area contributed by atoms with E-state index in [4.69, 9.17) is 14.6 Å². The number of carbonyl (C=O) groups is 5. The zero-order valence-corrected chi connectivity index (χ0v) is 27.1. The van der Waals surface area contributed by atoms with E-state index in [2.05, 4.69) is 22.3 Å². The topological polar surface area (TPSA) is 157 Å². The van der Waals surface area contributed by atoms with Gasteiger partial charge in [0.1, 0.15) is 24.3 Å². The fourth-order valence-electron chi connectivity index (χ4n) is 3.99. The monoisotopic (exact) mass is 618 g/mol. The van der Waals surface area contributed by atoms with E-state index in [0.29, 0.717) is 12.2 Å². The number of nitrogens with one attached hydrogen (secondary N) is 2. The van der Waals surface area contributed by atoms with Crippen LogP contribution in [-0.2, 0) is 33.4 Å². The molecule has 0 aliphatic rings. The van der Waals surface area contributed by atoms with Crippen LogP contribution in [-0.4, -0.2) is 77.9 Å². The Bertz CT molecular complexity index is 802. The molecule has 0 aliphatic carbocycles. The molecule has 0 aromatic carbocycles. The third-order valence-electron chi connectivity index (χ3n) is 6.22. The fourth-order valence-corrected chi connectivity index (χ4v) is 4.82. The molecule has 2 amide bonds. The molecule has 11 nitrogen and oxygen atoms in total. The summed E-state index contributed by atoms with van der Waals surface area (Å²) in [4.78, 5) is 60.3. The molecule has 0 radical (unpaired) electrons. The van der Waals surface area contributed by atoms with Crippen molar-refractivity contribution in [2.24, 2.45) is 0 Å². The molecule has 0 bridgehead atoms.